The van der Waals surface area contributed by atoms with E-state index in [2.05, 4.69) is 4.98 Å². The SMILES string of the molecule is O=c1c(-c2cccnc2)ccc2n1C[C@@H]1C[C@@H]2CN(S(=O)(=O)c2ccccc2)C1. The van der Waals surface area contributed by atoms with Crippen molar-refractivity contribution in [2.24, 2.45) is 5.92 Å². The molecule has 2 aliphatic heterocycles. The fourth-order valence-corrected chi connectivity index (χ4v) is 6.16. The predicted molar refractivity (Wildman–Crippen MR) is 110 cm³/mol. The third-order valence-corrected chi connectivity index (χ3v) is 7.77. The number of hydrogen-bond donors (Lipinski definition) is 0. The zero-order valence-corrected chi connectivity index (χ0v) is 16.6. The van der Waals surface area contributed by atoms with Crippen molar-refractivity contribution in [1.29, 1.82) is 0 Å². The van der Waals surface area contributed by atoms with Crippen molar-refractivity contribution >= 4 is 10.0 Å². The highest BCUT2D eigenvalue weighted by Gasteiger charge is 2.39. The lowest BCUT2D eigenvalue weighted by molar-refractivity contribution is 0.186. The van der Waals surface area contributed by atoms with Gasteiger partial charge in [0.1, 0.15) is 0 Å². The molecule has 0 radical (unpaired) electrons. The molecule has 1 fully saturated rings. The van der Waals surface area contributed by atoms with Crippen molar-refractivity contribution in [3.8, 4) is 11.1 Å². The quantitative estimate of drug-likeness (QED) is 0.669. The molecule has 0 spiro atoms. The van der Waals surface area contributed by atoms with Crippen LogP contribution in [0.15, 0.2) is 76.7 Å². The summed E-state index contributed by atoms with van der Waals surface area (Å²) in [4.78, 5) is 17.6. The van der Waals surface area contributed by atoms with Crippen LogP contribution in [0.5, 0.6) is 0 Å². The second-order valence-corrected chi connectivity index (χ2v) is 9.70. The van der Waals surface area contributed by atoms with Crippen molar-refractivity contribution in [1.82, 2.24) is 13.9 Å². The van der Waals surface area contributed by atoms with Gasteiger partial charge in [-0.3, -0.25) is 9.78 Å². The number of aromatic nitrogens is 2. The molecule has 5 rings (SSSR count). The van der Waals surface area contributed by atoms with Crippen LogP contribution in [-0.4, -0.2) is 35.4 Å². The first kappa shape index (κ1) is 18.3. The lowest BCUT2D eigenvalue weighted by atomic mass is 9.84. The van der Waals surface area contributed by atoms with Crippen LogP contribution < -0.4 is 5.56 Å². The van der Waals surface area contributed by atoms with Crippen LogP contribution in [0.25, 0.3) is 11.1 Å². The summed E-state index contributed by atoms with van der Waals surface area (Å²) in [6.45, 7) is 1.38. The van der Waals surface area contributed by atoms with E-state index in [1.54, 1.807) is 41.0 Å². The summed E-state index contributed by atoms with van der Waals surface area (Å²) in [5, 5.41) is 0. The molecular formula is C22H21N3O3S. The zero-order valence-electron chi connectivity index (χ0n) is 15.8. The predicted octanol–water partition coefficient (Wildman–Crippen LogP) is 2.72. The third-order valence-electron chi connectivity index (χ3n) is 5.92. The lowest BCUT2D eigenvalue weighted by Gasteiger charge is -2.42. The van der Waals surface area contributed by atoms with Crippen molar-refractivity contribution in [2.45, 2.75) is 23.8 Å². The van der Waals surface area contributed by atoms with Gasteiger partial charge in [0.05, 0.1) is 4.90 Å². The molecular weight excluding hydrogens is 386 g/mol. The Bertz CT molecular complexity index is 1210. The highest BCUT2D eigenvalue weighted by Crippen LogP contribution is 2.37. The van der Waals surface area contributed by atoms with E-state index in [1.807, 2.05) is 34.9 Å². The van der Waals surface area contributed by atoms with Gasteiger partial charge in [-0.25, -0.2) is 8.42 Å². The molecule has 7 heteroatoms. The van der Waals surface area contributed by atoms with Gasteiger partial charge in [0, 0.05) is 54.8 Å². The zero-order chi connectivity index (χ0) is 20.0. The largest absolute Gasteiger partial charge is 0.311 e. The Balaban J connectivity index is 1.51. The minimum absolute atomic E-state index is 0.0235. The van der Waals surface area contributed by atoms with E-state index in [-0.39, 0.29) is 17.4 Å². The highest BCUT2D eigenvalue weighted by atomic mass is 32.2. The highest BCUT2D eigenvalue weighted by molar-refractivity contribution is 7.89. The Hall–Kier alpha value is -2.77. The standard InChI is InChI=1S/C22H21N3O3S/c26-22-20(17-5-4-10-23-12-17)8-9-21-18-11-16(14-25(21)22)13-24(15-18)29(27,28)19-6-2-1-3-7-19/h1-10,12,16,18H,11,13-15H2/t16-,18-/m1/s1. The third kappa shape index (κ3) is 3.10. The Labute approximate surface area is 169 Å². The number of fused-ring (bicyclic) bond motifs is 4. The Morgan fingerprint density at radius 2 is 1.76 bits per heavy atom. The molecule has 4 heterocycles. The Kier molecular flexibility index (Phi) is 4.37. The maximum atomic E-state index is 13.1. The number of rotatable bonds is 3. The molecule has 2 atom stereocenters. The average Bonchev–Trinajstić information content (AvgIpc) is 2.75. The van der Waals surface area contributed by atoms with E-state index in [0.29, 0.717) is 30.1 Å². The van der Waals surface area contributed by atoms with Crippen molar-refractivity contribution < 1.29 is 8.42 Å². The van der Waals surface area contributed by atoms with Gasteiger partial charge in [0.25, 0.3) is 5.56 Å². The average molecular weight is 407 g/mol. The number of pyridine rings is 2. The molecule has 3 aromatic rings. The fourth-order valence-electron chi connectivity index (χ4n) is 4.58. The van der Waals surface area contributed by atoms with E-state index >= 15 is 0 Å². The molecule has 29 heavy (non-hydrogen) atoms. The summed E-state index contributed by atoms with van der Waals surface area (Å²) >= 11 is 0. The number of piperidine rings is 1. The van der Waals surface area contributed by atoms with Gasteiger partial charge in [0.15, 0.2) is 0 Å². The van der Waals surface area contributed by atoms with Crippen LogP contribution in [0, 0.1) is 5.92 Å². The van der Waals surface area contributed by atoms with Gasteiger partial charge in [-0.15, -0.1) is 0 Å². The van der Waals surface area contributed by atoms with Gasteiger partial charge < -0.3 is 4.57 Å². The van der Waals surface area contributed by atoms with E-state index in [0.717, 1.165) is 17.7 Å². The minimum atomic E-state index is -3.53. The summed E-state index contributed by atoms with van der Waals surface area (Å²) in [6, 6.07) is 16.1. The Morgan fingerprint density at radius 1 is 0.931 bits per heavy atom. The number of nitrogens with zero attached hydrogens (tertiary/aromatic N) is 3. The molecule has 2 aliphatic rings. The van der Waals surface area contributed by atoms with E-state index in [9.17, 15) is 13.2 Å². The number of hydrogen-bond acceptors (Lipinski definition) is 4. The smallest absolute Gasteiger partial charge is 0.258 e. The van der Waals surface area contributed by atoms with Crippen molar-refractivity contribution in [3.63, 3.8) is 0 Å². The fraction of sp³-hybridized carbons (Fsp3) is 0.273. The molecule has 0 aliphatic carbocycles. The van der Waals surface area contributed by atoms with E-state index in [4.69, 9.17) is 0 Å². The van der Waals surface area contributed by atoms with Crippen LogP contribution in [0.4, 0.5) is 0 Å². The normalized spacial score (nSPS) is 21.5. The van der Waals surface area contributed by atoms with Crippen LogP contribution in [-0.2, 0) is 16.6 Å². The summed E-state index contributed by atoms with van der Waals surface area (Å²) in [5.41, 5.74) is 2.34. The molecule has 0 amide bonds. The summed E-state index contributed by atoms with van der Waals surface area (Å²) < 4.78 is 29.6. The second-order valence-electron chi connectivity index (χ2n) is 7.76. The first-order valence-electron chi connectivity index (χ1n) is 9.73. The van der Waals surface area contributed by atoms with E-state index < -0.39 is 10.0 Å². The minimum Gasteiger partial charge on any atom is -0.311 e. The molecule has 0 N–H and O–H groups in total. The first-order valence-corrected chi connectivity index (χ1v) is 11.2. The lowest BCUT2D eigenvalue weighted by Crippen LogP contribution is -2.49. The molecule has 2 aromatic heterocycles. The monoisotopic (exact) mass is 407 g/mol. The number of benzene rings is 1. The second kappa shape index (κ2) is 6.93. The molecule has 1 aromatic carbocycles. The molecule has 0 saturated carbocycles. The molecule has 148 valence electrons. The number of sulfonamides is 1. The van der Waals surface area contributed by atoms with Crippen LogP contribution in [0.3, 0.4) is 0 Å². The van der Waals surface area contributed by atoms with Gasteiger partial charge in [-0.05, 0) is 42.7 Å². The molecule has 6 nitrogen and oxygen atoms in total. The topological polar surface area (TPSA) is 72.3 Å². The van der Waals surface area contributed by atoms with E-state index in [1.165, 1.54) is 0 Å². The first-order chi connectivity index (χ1) is 14.0. The summed E-state index contributed by atoms with van der Waals surface area (Å²) in [5.74, 6) is 0.151. The van der Waals surface area contributed by atoms with Crippen molar-refractivity contribution in [2.75, 3.05) is 13.1 Å². The van der Waals surface area contributed by atoms with Crippen LogP contribution in [0.1, 0.15) is 18.0 Å². The molecule has 1 saturated heterocycles. The maximum absolute atomic E-state index is 13.1. The van der Waals surface area contributed by atoms with Crippen molar-refractivity contribution in [3.05, 3.63) is 83.0 Å². The Morgan fingerprint density at radius 3 is 2.52 bits per heavy atom. The van der Waals surface area contributed by atoms with Gasteiger partial charge in [-0.2, -0.15) is 4.31 Å². The summed E-state index contributed by atoms with van der Waals surface area (Å²) in [7, 11) is -3.53. The van der Waals surface area contributed by atoms with Gasteiger partial charge in [0.2, 0.25) is 10.0 Å². The van der Waals surface area contributed by atoms with Gasteiger partial charge >= 0.3 is 0 Å². The van der Waals surface area contributed by atoms with Gasteiger partial charge in [-0.1, -0.05) is 24.3 Å². The molecule has 0 unspecified atom stereocenters. The summed E-state index contributed by atoms with van der Waals surface area (Å²) in [6.07, 6.45) is 4.29. The molecule has 2 bridgehead atoms. The van der Waals surface area contributed by atoms with Crippen LogP contribution in [0.2, 0.25) is 0 Å². The van der Waals surface area contributed by atoms with Crippen LogP contribution >= 0.6 is 0 Å². The maximum Gasteiger partial charge on any atom is 0.258 e.